The molecule has 2 atom stereocenters. The normalized spacial score (nSPS) is 15.8. The summed E-state index contributed by atoms with van der Waals surface area (Å²) in [7, 11) is -4.22. The fraction of sp³-hybridized carbons (Fsp3) is 0.381. The van der Waals surface area contributed by atoms with Gasteiger partial charge in [0.2, 0.25) is 15.9 Å². The van der Waals surface area contributed by atoms with Gasteiger partial charge in [0.1, 0.15) is 12.6 Å². The number of nitrogens with one attached hydrogen (secondary N) is 2. The summed E-state index contributed by atoms with van der Waals surface area (Å²) >= 11 is 0. The molecule has 1 aliphatic carbocycles. The predicted octanol–water partition coefficient (Wildman–Crippen LogP) is 1.28. The Balaban J connectivity index is 1.87. The monoisotopic (exact) mass is 448 g/mol. The molecule has 2 aromatic rings. The number of ether oxygens (including phenoxy) is 1. The number of carboxylic acid groups (broad SMARTS) is 1. The van der Waals surface area contributed by atoms with E-state index in [0.29, 0.717) is 18.2 Å². The molecule has 166 valence electrons. The summed E-state index contributed by atoms with van der Waals surface area (Å²) < 4.78 is 33.1. The van der Waals surface area contributed by atoms with Gasteiger partial charge in [0.05, 0.1) is 17.4 Å². The lowest BCUT2D eigenvalue weighted by molar-refractivity contribution is -0.146. The van der Waals surface area contributed by atoms with E-state index in [1.807, 2.05) is 12.1 Å². The highest BCUT2D eigenvalue weighted by Gasteiger charge is 2.46. The van der Waals surface area contributed by atoms with Crippen molar-refractivity contribution in [2.75, 3.05) is 13.2 Å². The van der Waals surface area contributed by atoms with E-state index in [1.165, 1.54) is 12.1 Å². The molecule has 0 aromatic heterocycles. The fourth-order valence-corrected chi connectivity index (χ4v) is 4.67. The first-order chi connectivity index (χ1) is 14.7. The van der Waals surface area contributed by atoms with Gasteiger partial charge in [0, 0.05) is 0 Å². The Morgan fingerprint density at radius 2 is 1.81 bits per heavy atom. The smallest absolute Gasteiger partial charge is 0.325 e. The van der Waals surface area contributed by atoms with Crippen LogP contribution in [0.1, 0.15) is 19.8 Å². The summed E-state index contributed by atoms with van der Waals surface area (Å²) in [6.07, 6.45) is 1.16. The number of fused-ring (bicyclic) bond motifs is 1. The van der Waals surface area contributed by atoms with Crippen molar-refractivity contribution >= 4 is 38.6 Å². The quantitative estimate of drug-likeness (QED) is 0.465. The third-order valence-electron chi connectivity index (χ3n) is 5.08. The lowest BCUT2D eigenvalue weighted by Crippen LogP contribution is -2.54. The van der Waals surface area contributed by atoms with Crippen LogP contribution >= 0.6 is 0 Å². The van der Waals surface area contributed by atoms with Crippen LogP contribution < -0.4 is 10.0 Å². The van der Waals surface area contributed by atoms with Crippen LogP contribution in [0.15, 0.2) is 47.4 Å². The van der Waals surface area contributed by atoms with Gasteiger partial charge in [-0.25, -0.2) is 8.42 Å². The maximum absolute atomic E-state index is 13.0. The van der Waals surface area contributed by atoms with Crippen molar-refractivity contribution in [3.63, 3.8) is 0 Å². The largest absolute Gasteiger partial charge is 0.481 e. The Hall–Kier alpha value is -2.98. The molecule has 2 unspecified atom stereocenters. The molecule has 10 heteroatoms. The Bertz CT molecular complexity index is 1100. The van der Waals surface area contributed by atoms with Crippen molar-refractivity contribution in [1.29, 1.82) is 0 Å². The van der Waals surface area contributed by atoms with Gasteiger partial charge in [0.25, 0.3) is 0 Å². The molecule has 2 aromatic carbocycles. The van der Waals surface area contributed by atoms with Crippen LogP contribution in [0.3, 0.4) is 0 Å². The molecule has 1 amide bonds. The minimum atomic E-state index is -4.22. The average Bonchev–Trinajstić information content (AvgIpc) is 3.56. The number of sulfonamides is 1. The molecule has 1 aliphatic rings. The van der Waals surface area contributed by atoms with Gasteiger partial charge in [-0.3, -0.25) is 14.4 Å². The van der Waals surface area contributed by atoms with Crippen LogP contribution in [0.4, 0.5) is 0 Å². The van der Waals surface area contributed by atoms with Crippen molar-refractivity contribution in [3.8, 4) is 0 Å². The fourth-order valence-electron chi connectivity index (χ4n) is 3.41. The highest BCUT2D eigenvalue weighted by atomic mass is 32.2. The molecule has 0 spiro atoms. The second-order valence-electron chi connectivity index (χ2n) is 7.33. The molecule has 9 nitrogen and oxygen atoms in total. The average molecular weight is 448 g/mol. The van der Waals surface area contributed by atoms with E-state index in [0.717, 1.165) is 5.39 Å². The second kappa shape index (κ2) is 9.44. The highest BCUT2D eigenvalue weighted by molar-refractivity contribution is 7.89. The van der Waals surface area contributed by atoms with Gasteiger partial charge in [-0.2, -0.15) is 4.72 Å². The summed E-state index contributed by atoms with van der Waals surface area (Å²) in [4.78, 5) is 36.1. The maximum atomic E-state index is 13.0. The lowest BCUT2D eigenvalue weighted by Gasteiger charge is -2.24. The molecular weight excluding hydrogens is 424 g/mol. The van der Waals surface area contributed by atoms with Gasteiger partial charge >= 0.3 is 11.9 Å². The van der Waals surface area contributed by atoms with Crippen LogP contribution in [0.2, 0.25) is 0 Å². The molecule has 0 radical (unpaired) electrons. The molecule has 1 saturated carbocycles. The van der Waals surface area contributed by atoms with Gasteiger partial charge in [-0.15, -0.1) is 0 Å². The van der Waals surface area contributed by atoms with E-state index in [4.69, 9.17) is 4.74 Å². The van der Waals surface area contributed by atoms with Crippen LogP contribution in [0, 0.1) is 11.8 Å². The maximum Gasteiger partial charge on any atom is 0.325 e. The van der Waals surface area contributed by atoms with E-state index in [1.54, 1.807) is 25.1 Å². The number of carbonyl (C=O) groups is 3. The SMILES string of the molecule is CCOC(=O)CNC(=O)C(NS(=O)(=O)c1ccc2ccccc2c1)C(C(=O)O)C1CC1. The third kappa shape index (κ3) is 5.59. The first kappa shape index (κ1) is 22.7. The summed E-state index contributed by atoms with van der Waals surface area (Å²) in [5.74, 6) is -4.45. The van der Waals surface area contributed by atoms with Gasteiger partial charge in [0.15, 0.2) is 0 Å². The van der Waals surface area contributed by atoms with Crippen molar-refractivity contribution < 1.29 is 32.6 Å². The zero-order valence-corrected chi connectivity index (χ0v) is 17.7. The Morgan fingerprint density at radius 1 is 1.13 bits per heavy atom. The minimum absolute atomic E-state index is 0.0886. The molecular formula is C21H24N2O7S. The number of rotatable bonds is 10. The van der Waals surface area contributed by atoms with Crippen LogP contribution in [-0.2, 0) is 29.1 Å². The molecule has 3 rings (SSSR count). The molecule has 0 aliphatic heterocycles. The number of amides is 1. The number of hydrogen-bond acceptors (Lipinski definition) is 6. The van der Waals surface area contributed by atoms with Crippen LogP contribution in [0.25, 0.3) is 10.8 Å². The standard InChI is InChI=1S/C21H24N2O7S/c1-2-30-17(24)12-22-20(25)19(18(21(26)27)14-7-8-14)23-31(28,29)16-10-9-13-5-3-4-6-15(13)11-16/h3-6,9-11,14,18-19,23H,2,7-8,12H2,1H3,(H,22,25)(H,26,27). The minimum Gasteiger partial charge on any atom is -0.481 e. The molecule has 0 saturated heterocycles. The highest BCUT2D eigenvalue weighted by Crippen LogP contribution is 2.39. The van der Waals surface area contributed by atoms with Gasteiger partial charge in [-0.1, -0.05) is 30.3 Å². The number of aliphatic carboxylic acids is 1. The summed E-state index contributed by atoms with van der Waals surface area (Å²) in [6, 6.07) is 10.1. The van der Waals surface area contributed by atoms with Crippen molar-refractivity contribution in [1.82, 2.24) is 10.0 Å². The van der Waals surface area contributed by atoms with E-state index < -0.39 is 46.4 Å². The van der Waals surface area contributed by atoms with Crippen molar-refractivity contribution in [2.45, 2.75) is 30.7 Å². The Labute approximate surface area is 179 Å². The van der Waals surface area contributed by atoms with Crippen molar-refractivity contribution in [3.05, 3.63) is 42.5 Å². The van der Waals surface area contributed by atoms with E-state index in [2.05, 4.69) is 10.0 Å². The first-order valence-electron chi connectivity index (χ1n) is 9.90. The number of carbonyl (C=O) groups excluding carboxylic acids is 2. The zero-order valence-electron chi connectivity index (χ0n) is 16.9. The predicted molar refractivity (Wildman–Crippen MR) is 112 cm³/mol. The molecule has 0 heterocycles. The molecule has 3 N–H and O–H groups in total. The molecule has 31 heavy (non-hydrogen) atoms. The molecule has 0 bridgehead atoms. The second-order valence-corrected chi connectivity index (χ2v) is 9.05. The summed E-state index contributed by atoms with van der Waals surface area (Å²) in [5, 5.41) is 13.5. The molecule has 1 fully saturated rings. The van der Waals surface area contributed by atoms with Crippen LogP contribution in [-0.4, -0.2) is 50.6 Å². The van der Waals surface area contributed by atoms with Crippen LogP contribution in [0.5, 0.6) is 0 Å². The number of esters is 1. The van der Waals surface area contributed by atoms with E-state index >= 15 is 0 Å². The number of carboxylic acids is 1. The number of benzene rings is 2. The van der Waals surface area contributed by atoms with E-state index in [9.17, 15) is 27.9 Å². The lowest BCUT2D eigenvalue weighted by atomic mass is 9.94. The topological polar surface area (TPSA) is 139 Å². The van der Waals surface area contributed by atoms with Gasteiger partial charge in [-0.05, 0) is 48.6 Å². The van der Waals surface area contributed by atoms with Crippen molar-refractivity contribution in [2.24, 2.45) is 11.8 Å². The third-order valence-corrected chi connectivity index (χ3v) is 6.52. The zero-order chi connectivity index (χ0) is 22.6. The Kier molecular flexibility index (Phi) is 6.91. The van der Waals surface area contributed by atoms with Gasteiger partial charge < -0.3 is 15.2 Å². The summed E-state index contributed by atoms with van der Waals surface area (Å²) in [5.41, 5.74) is 0. The first-order valence-corrected chi connectivity index (χ1v) is 11.4. The number of hydrogen-bond donors (Lipinski definition) is 3. The Morgan fingerprint density at radius 3 is 2.42 bits per heavy atom. The van der Waals surface area contributed by atoms with E-state index in [-0.39, 0.29) is 17.4 Å². The summed E-state index contributed by atoms with van der Waals surface area (Å²) in [6.45, 7) is 1.23.